The summed E-state index contributed by atoms with van der Waals surface area (Å²) in [6.07, 6.45) is 3.00. The lowest BCUT2D eigenvalue weighted by atomic mass is 9.84. The van der Waals surface area contributed by atoms with Crippen molar-refractivity contribution in [3.05, 3.63) is 110 Å². The van der Waals surface area contributed by atoms with Crippen molar-refractivity contribution in [1.29, 1.82) is 0 Å². The number of aromatic nitrogens is 1. The molecule has 0 amide bonds. The zero-order chi connectivity index (χ0) is 27.8. The van der Waals surface area contributed by atoms with Gasteiger partial charge in [-0.2, -0.15) is 0 Å². The number of rotatable bonds is 7. The molecule has 0 saturated carbocycles. The number of pyridine rings is 1. The Balaban J connectivity index is 0.000000531. The molecule has 1 saturated heterocycles. The van der Waals surface area contributed by atoms with Crippen LogP contribution in [0.15, 0.2) is 77.6 Å². The predicted molar refractivity (Wildman–Crippen MR) is 164 cm³/mol. The predicted octanol–water partition coefficient (Wildman–Crippen LogP) is 7.20. The van der Waals surface area contributed by atoms with Crippen molar-refractivity contribution in [2.45, 2.75) is 45.1 Å². The molecule has 5 rings (SSSR count). The van der Waals surface area contributed by atoms with E-state index in [2.05, 4.69) is 65.9 Å². The molecule has 2 heterocycles. The van der Waals surface area contributed by atoms with Crippen LogP contribution < -0.4 is 16.2 Å². The standard InChI is InChI=1S/C27H25Cl2N3O.C5H12O/c28-20-6-1-17(2-7-20)27(18-3-8-21(29)9-4-18)19-5-10-24-23(15-19)25(16-26(33)32-24)31-22-11-13-30-14-12-22;1-5(2)3-4-6/h1-10,15-16,22,27,30H,11-14H2,(H2,31,32,33);5-6H,3-4H2,1-2H3. The lowest BCUT2D eigenvalue weighted by Crippen LogP contribution is -2.35. The number of hydrogen-bond donors (Lipinski definition) is 4. The Morgan fingerprint density at radius 1 is 0.872 bits per heavy atom. The first-order valence-corrected chi connectivity index (χ1v) is 14.4. The van der Waals surface area contributed by atoms with E-state index in [1.165, 1.54) is 0 Å². The Labute approximate surface area is 240 Å². The van der Waals surface area contributed by atoms with Gasteiger partial charge in [0, 0.05) is 45.8 Å². The van der Waals surface area contributed by atoms with E-state index in [4.69, 9.17) is 28.3 Å². The summed E-state index contributed by atoms with van der Waals surface area (Å²) in [4.78, 5) is 15.3. The van der Waals surface area contributed by atoms with Gasteiger partial charge in [0.15, 0.2) is 0 Å². The van der Waals surface area contributed by atoms with Gasteiger partial charge in [0.05, 0.1) is 5.52 Å². The first-order valence-electron chi connectivity index (χ1n) is 13.6. The van der Waals surface area contributed by atoms with Gasteiger partial charge in [-0.25, -0.2) is 0 Å². The highest BCUT2D eigenvalue weighted by Gasteiger charge is 2.19. The number of nitrogens with one attached hydrogen (secondary N) is 3. The van der Waals surface area contributed by atoms with Crippen LogP contribution in [0.3, 0.4) is 0 Å². The van der Waals surface area contributed by atoms with Crippen LogP contribution in [0.1, 0.15) is 55.7 Å². The zero-order valence-electron chi connectivity index (χ0n) is 22.5. The fraction of sp³-hybridized carbons (Fsp3) is 0.344. The van der Waals surface area contributed by atoms with Gasteiger partial charge in [0.2, 0.25) is 5.56 Å². The van der Waals surface area contributed by atoms with E-state index in [0.717, 1.165) is 65.6 Å². The third-order valence-corrected chi connectivity index (χ3v) is 7.52. The molecule has 4 aromatic rings. The number of hydrogen-bond acceptors (Lipinski definition) is 4. The number of aliphatic hydroxyl groups excluding tert-OH is 1. The molecule has 0 aliphatic carbocycles. The molecule has 0 bridgehead atoms. The Morgan fingerprint density at radius 2 is 1.44 bits per heavy atom. The lowest BCUT2D eigenvalue weighted by molar-refractivity contribution is 0.268. The first-order chi connectivity index (χ1) is 18.8. The number of piperidine rings is 1. The molecule has 0 unspecified atom stereocenters. The van der Waals surface area contributed by atoms with Gasteiger partial charge < -0.3 is 20.7 Å². The maximum absolute atomic E-state index is 12.3. The maximum atomic E-state index is 12.3. The molecule has 3 aromatic carbocycles. The highest BCUT2D eigenvalue weighted by Crippen LogP contribution is 2.35. The molecular formula is C32H37Cl2N3O2. The molecule has 0 radical (unpaired) electrons. The molecule has 1 aliphatic rings. The Kier molecular flexibility index (Phi) is 10.5. The summed E-state index contributed by atoms with van der Waals surface area (Å²) >= 11 is 12.3. The van der Waals surface area contributed by atoms with E-state index in [0.29, 0.717) is 28.6 Å². The monoisotopic (exact) mass is 565 g/mol. The minimum atomic E-state index is -0.0985. The third-order valence-electron chi connectivity index (χ3n) is 7.01. The number of halogens is 2. The van der Waals surface area contributed by atoms with E-state index in [1.54, 1.807) is 6.07 Å². The van der Waals surface area contributed by atoms with E-state index in [1.807, 2.05) is 30.3 Å². The average molecular weight is 567 g/mol. The van der Waals surface area contributed by atoms with Crippen LogP contribution in [0, 0.1) is 5.92 Å². The van der Waals surface area contributed by atoms with Crippen LogP contribution >= 0.6 is 23.2 Å². The number of fused-ring (bicyclic) bond motifs is 1. The first kappa shape index (κ1) is 29.2. The second kappa shape index (κ2) is 14.0. The fourth-order valence-corrected chi connectivity index (χ4v) is 5.15. The molecule has 7 heteroatoms. The van der Waals surface area contributed by atoms with Crippen LogP contribution in [0.25, 0.3) is 10.9 Å². The summed E-state index contributed by atoms with van der Waals surface area (Å²) in [5.74, 6) is 0.651. The van der Waals surface area contributed by atoms with E-state index >= 15 is 0 Å². The fourth-order valence-electron chi connectivity index (χ4n) is 4.90. The highest BCUT2D eigenvalue weighted by molar-refractivity contribution is 6.30. The van der Waals surface area contributed by atoms with E-state index < -0.39 is 0 Å². The Morgan fingerprint density at radius 3 is 1.95 bits per heavy atom. The van der Waals surface area contributed by atoms with Gasteiger partial charge in [0.1, 0.15) is 0 Å². The van der Waals surface area contributed by atoms with Crippen molar-refractivity contribution in [1.82, 2.24) is 10.3 Å². The van der Waals surface area contributed by atoms with Crippen LogP contribution in [0.2, 0.25) is 10.0 Å². The summed E-state index contributed by atoms with van der Waals surface area (Å²) in [6, 6.07) is 24.2. The molecule has 1 aromatic heterocycles. The molecule has 1 fully saturated rings. The average Bonchev–Trinajstić information content (AvgIpc) is 2.92. The molecule has 1 aliphatic heterocycles. The quantitative estimate of drug-likeness (QED) is 0.179. The number of anilines is 1. The van der Waals surface area contributed by atoms with Crippen molar-refractivity contribution >= 4 is 39.8 Å². The minimum absolute atomic E-state index is 0.00240. The largest absolute Gasteiger partial charge is 0.396 e. The van der Waals surface area contributed by atoms with Gasteiger partial charge in [-0.05, 0) is 91.4 Å². The van der Waals surface area contributed by atoms with Gasteiger partial charge in [-0.15, -0.1) is 0 Å². The molecule has 0 atom stereocenters. The zero-order valence-corrected chi connectivity index (χ0v) is 24.0. The SMILES string of the molecule is CC(C)CCO.O=c1cc(NC2CCNCC2)c2cc(C(c3ccc(Cl)cc3)c3ccc(Cl)cc3)ccc2[nH]1. The van der Waals surface area contributed by atoms with E-state index in [-0.39, 0.29) is 11.5 Å². The van der Waals surface area contributed by atoms with Crippen LogP contribution in [-0.2, 0) is 0 Å². The van der Waals surface area contributed by atoms with E-state index in [9.17, 15) is 4.79 Å². The third kappa shape index (κ3) is 8.09. The van der Waals surface area contributed by atoms with Crippen LogP contribution in [0.4, 0.5) is 5.69 Å². The molecule has 39 heavy (non-hydrogen) atoms. The molecule has 4 N–H and O–H groups in total. The van der Waals surface area contributed by atoms with Gasteiger partial charge in [-0.3, -0.25) is 4.79 Å². The van der Waals surface area contributed by atoms with Crippen LogP contribution in [0.5, 0.6) is 0 Å². The summed E-state index contributed by atoms with van der Waals surface area (Å²) in [7, 11) is 0. The molecule has 0 spiro atoms. The summed E-state index contributed by atoms with van der Waals surface area (Å²) in [6.45, 7) is 6.49. The lowest BCUT2D eigenvalue weighted by Gasteiger charge is -2.25. The van der Waals surface area contributed by atoms with Crippen LogP contribution in [-0.4, -0.2) is 35.8 Å². The Hall–Kier alpha value is -2.83. The number of aromatic amines is 1. The second-order valence-electron chi connectivity index (χ2n) is 10.5. The minimum Gasteiger partial charge on any atom is -0.396 e. The summed E-state index contributed by atoms with van der Waals surface area (Å²) in [5.41, 5.74) is 5.02. The number of H-pyrrole nitrogens is 1. The van der Waals surface area contributed by atoms with Gasteiger partial charge in [-0.1, -0.05) is 67.4 Å². The van der Waals surface area contributed by atoms with Crippen molar-refractivity contribution in [2.75, 3.05) is 25.0 Å². The maximum Gasteiger partial charge on any atom is 0.250 e. The Bertz CT molecular complexity index is 1350. The second-order valence-corrected chi connectivity index (χ2v) is 11.3. The molecule has 206 valence electrons. The summed E-state index contributed by atoms with van der Waals surface area (Å²) < 4.78 is 0. The molecule has 5 nitrogen and oxygen atoms in total. The highest BCUT2D eigenvalue weighted by atomic mass is 35.5. The number of benzene rings is 3. The van der Waals surface area contributed by atoms with Crippen molar-refractivity contribution < 1.29 is 5.11 Å². The normalized spacial score (nSPS) is 13.9. The van der Waals surface area contributed by atoms with Crippen molar-refractivity contribution in [3.63, 3.8) is 0 Å². The number of aliphatic hydroxyl groups is 1. The van der Waals surface area contributed by atoms with Gasteiger partial charge >= 0.3 is 0 Å². The topological polar surface area (TPSA) is 77.2 Å². The summed E-state index contributed by atoms with van der Waals surface area (Å²) in [5, 5.41) is 17.7. The van der Waals surface area contributed by atoms with Crippen molar-refractivity contribution in [3.8, 4) is 0 Å². The van der Waals surface area contributed by atoms with Gasteiger partial charge in [0.25, 0.3) is 0 Å². The smallest absolute Gasteiger partial charge is 0.250 e. The molecular weight excluding hydrogens is 529 g/mol. The van der Waals surface area contributed by atoms with Crippen molar-refractivity contribution in [2.24, 2.45) is 5.92 Å².